The Balaban J connectivity index is 1.90. The van der Waals surface area contributed by atoms with Crippen LogP contribution in [0.4, 0.5) is 0 Å². The maximum absolute atomic E-state index is 16.9. The van der Waals surface area contributed by atoms with E-state index in [0.717, 1.165) is 54.6 Å². The van der Waals surface area contributed by atoms with Crippen molar-refractivity contribution in [1.82, 2.24) is 9.80 Å². The number of hydrogen-bond acceptors (Lipinski definition) is 16. The maximum atomic E-state index is 16.9. The van der Waals surface area contributed by atoms with Crippen LogP contribution < -0.4 is 0 Å². The van der Waals surface area contributed by atoms with Crippen LogP contribution in [0.1, 0.15) is 117 Å². The Bertz CT molecular complexity index is 3580. The van der Waals surface area contributed by atoms with Crippen LogP contribution in [0.25, 0.3) is 43.1 Å². The quantitative estimate of drug-likeness (QED) is 0.0155. The molecule has 0 fully saturated rings. The predicted molar refractivity (Wildman–Crippen MR) is 508 cm³/mol. The van der Waals surface area contributed by atoms with E-state index in [-0.39, 0.29) is 23.6 Å². The summed E-state index contributed by atoms with van der Waals surface area (Å²) >= 11 is 0. The van der Waals surface area contributed by atoms with Crippen molar-refractivity contribution in [1.29, 1.82) is 0 Å². The summed E-state index contributed by atoms with van der Waals surface area (Å²) in [6.45, 7) is 87.5. The van der Waals surface area contributed by atoms with Gasteiger partial charge in [-0.05, 0) is 366 Å². The third kappa shape index (κ3) is 25.4. The zero-order chi connectivity index (χ0) is 85.7. The number of benzene rings is 5. The van der Waals surface area contributed by atoms with Gasteiger partial charge in [0.15, 0.2) is 99.8 Å². The lowest BCUT2D eigenvalue weighted by atomic mass is 9.76. The molecule has 2 aliphatic heterocycles. The lowest BCUT2D eigenvalue weighted by molar-refractivity contribution is 0.0513. The van der Waals surface area contributed by atoms with Crippen molar-refractivity contribution in [3.8, 4) is 0 Å². The second-order valence-electron chi connectivity index (χ2n) is 43.5. The molecule has 0 saturated carbocycles. The summed E-state index contributed by atoms with van der Waals surface area (Å²) in [5.74, 6) is -1.34. The van der Waals surface area contributed by atoms with Crippen LogP contribution in [0.2, 0.25) is 260 Å². The summed E-state index contributed by atoms with van der Waals surface area (Å²) in [5.41, 5.74) is 4.93. The molecule has 0 radical (unpaired) electrons. The normalized spacial score (nSPS) is 15.8. The van der Waals surface area contributed by atoms with Crippen molar-refractivity contribution in [3.63, 3.8) is 0 Å². The number of fused-ring (bicyclic) bond motifs is 2. The Hall–Kier alpha value is -1.33. The zero-order valence-electron chi connectivity index (χ0n) is 77.4. The fourth-order valence-corrected chi connectivity index (χ4v) is 74.8. The largest absolute Gasteiger partial charge is 0.469 e. The van der Waals surface area contributed by atoms with E-state index in [1.807, 2.05) is 0 Å². The molecule has 0 aromatic heterocycles. The van der Waals surface area contributed by atoms with Gasteiger partial charge in [0.1, 0.15) is 0 Å². The van der Waals surface area contributed by atoms with Crippen molar-refractivity contribution in [2.24, 2.45) is 0 Å². The fourth-order valence-electron chi connectivity index (χ4n) is 16.4. The van der Waals surface area contributed by atoms with E-state index < -0.39 is 147 Å². The van der Waals surface area contributed by atoms with E-state index >= 15 is 19.2 Å². The highest BCUT2D eigenvalue weighted by molar-refractivity contribution is 6.93. The number of amides is 4. The molecule has 0 saturated heterocycles. The van der Waals surface area contributed by atoms with Crippen molar-refractivity contribution >= 4 is 202 Å². The summed E-state index contributed by atoms with van der Waals surface area (Å²) < 4.78 is 90.2. The Morgan fingerprint density at radius 3 is 0.482 bits per heavy atom. The van der Waals surface area contributed by atoms with E-state index in [9.17, 15) is 0 Å². The minimum atomic E-state index is -3.67. The van der Waals surface area contributed by atoms with E-state index in [2.05, 4.69) is 288 Å². The van der Waals surface area contributed by atoms with E-state index in [0.29, 0.717) is 109 Å². The minimum absolute atomic E-state index is 0.314. The molecule has 2 aliphatic rings. The molecular formula is C78H150N2O16Si16. The van der Waals surface area contributed by atoms with Crippen molar-refractivity contribution in [3.05, 3.63) is 68.8 Å². The molecule has 0 aliphatic carbocycles. The molecule has 7 rings (SSSR count). The second kappa shape index (κ2) is 34.2. The highest BCUT2D eigenvalue weighted by atomic mass is 28.5. The van der Waals surface area contributed by atoms with Gasteiger partial charge in [0.2, 0.25) is 0 Å². The summed E-state index contributed by atoms with van der Waals surface area (Å²) in [6.07, 6.45) is 3.45. The number of imide groups is 2. The molecular weight excluding hydrogens is 1670 g/mol. The molecule has 0 atom stereocenters. The number of carbonyl (C=O) groups excluding carboxylic acids is 4. The van der Waals surface area contributed by atoms with Crippen molar-refractivity contribution < 1.29 is 68.6 Å². The van der Waals surface area contributed by atoms with Gasteiger partial charge in [-0.1, -0.05) is 27.7 Å². The number of aryl methyl sites for hydroxylation is 4. The molecule has 0 unspecified atom stereocenters. The Labute approximate surface area is 694 Å². The van der Waals surface area contributed by atoms with Crippen molar-refractivity contribution in [2.75, 3.05) is 0 Å². The molecule has 5 aromatic rings. The Morgan fingerprint density at radius 2 is 0.366 bits per heavy atom. The molecule has 4 amide bonds. The smallest absolute Gasteiger partial charge is 0.417 e. The topological polar surface area (TPSA) is 186 Å². The van der Waals surface area contributed by atoms with Crippen LogP contribution in [0.15, 0.2) is 24.3 Å². The van der Waals surface area contributed by atoms with Gasteiger partial charge in [0, 0.05) is 47.0 Å². The fraction of sp³-hybridized carbons (Fsp3) is 0.692. The second-order valence-corrected chi connectivity index (χ2v) is 111. The molecule has 18 nitrogen and oxygen atoms in total. The number of nitrogens with zero attached hydrogens (tertiary/aromatic N) is 2. The summed E-state index contributed by atoms with van der Waals surface area (Å²) in [5, 5.41) is 5.96. The molecule has 0 bridgehead atoms. The number of carbonyl (C=O) groups is 4. The van der Waals surface area contributed by atoms with Gasteiger partial charge in [0.05, 0.1) is 22.3 Å². The van der Waals surface area contributed by atoms with Gasteiger partial charge < -0.3 is 49.4 Å². The highest BCUT2D eigenvalue weighted by Crippen LogP contribution is 2.53. The molecule has 2 heterocycles. The van der Waals surface area contributed by atoms with Crippen LogP contribution in [-0.4, -0.2) is 181 Å². The Morgan fingerprint density at radius 1 is 0.232 bits per heavy atom. The predicted octanol–water partition coefficient (Wildman–Crippen LogP) is 23.5. The third-order valence-electron chi connectivity index (χ3n) is 18.4. The summed E-state index contributed by atoms with van der Waals surface area (Å²) in [6, 6.07) is 9.54. The summed E-state index contributed by atoms with van der Waals surface area (Å²) in [7, 11) is -44.1. The molecule has 0 N–H and O–H groups in total. The van der Waals surface area contributed by atoms with E-state index in [1.165, 1.54) is 0 Å². The average molecular weight is 1820 g/mol. The molecule has 5 aromatic carbocycles. The van der Waals surface area contributed by atoms with Crippen LogP contribution in [0.5, 0.6) is 0 Å². The standard InChI is InChI=1S/C78H150N2O16Si16/c1-41-61(42-2)79-75(81)67-57(45-49-109(85-97(5,6)7,86-98(8,9)10)87-99(11,12)13)53-63-65-55-59(47-51-111(91-103(23,24)25,92-104(26,27)28)93-105(29,30)31)69-74-70(78(84)80(77(69)83)62(43-3)44-4)60(48-52-112(94-106(32,33)34,95-107(35,36)37)96-108(38,39)40)56-66(72(65)74)64-54-58(68(76(79)82)73(67)71(63)64)46-50-110(88-100(14,15)16,89-101(17,18)19)90-102(20,21)22/h53-56,61-62H,41-52H2,1-40H3. The van der Waals surface area contributed by atoms with Gasteiger partial charge in [-0.3, -0.25) is 29.0 Å². The van der Waals surface area contributed by atoms with Gasteiger partial charge in [0.25, 0.3) is 23.6 Å². The van der Waals surface area contributed by atoms with Gasteiger partial charge >= 0.3 is 35.2 Å². The van der Waals surface area contributed by atoms with Crippen LogP contribution >= 0.6 is 0 Å². The molecule has 632 valence electrons. The monoisotopic (exact) mass is 1820 g/mol. The third-order valence-corrected chi connectivity index (χ3v) is 66.2. The zero-order valence-corrected chi connectivity index (χ0v) is 93.4. The lowest BCUT2D eigenvalue weighted by Crippen LogP contribution is -2.60. The van der Waals surface area contributed by atoms with E-state index in [4.69, 9.17) is 49.4 Å². The first kappa shape index (κ1) is 97.8. The molecule has 0 spiro atoms. The first-order valence-corrected chi connectivity index (χ1v) is 90.4. The molecule has 112 heavy (non-hydrogen) atoms. The van der Waals surface area contributed by atoms with E-state index in [1.54, 1.807) is 9.80 Å². The first-order valence-electron chi connectivity index (χ1n) is 41.7. The van der Waals surface area contributed by atoms with Crippen LogP contribution in [0.3, 0.4) is 0 Å². The SMILES string of the molecule is CCC(CC)N1C(=O)c2c(CC[Si](O[Si](C)(C)C)(O[Si](C)(C)C)O[Si](C)(C)C)cc3c4cc(CC[Si](O[Si](C)(C)C)(O[Si](C)(C)C)O[Si](C)(C)C)c5c6c(c(CC[Si](O[Si](C)(C)C)(O[Si](C)(C)C)O[Si](C)(C)C)cc(c7cc(CC[Si](O[Si](C)(C)C)(O[Si](C)(C)C)O[Si](C)(C)C)c(c2c37)C1=O)c64)C(=O)N(C(CC)CC)C5=O. The van der Waals surface area contributed by atoms with Gasteiger partial charge in [-0.2, -0.15) is 0 Å². The van der Waals surface area contributed by atoms with Crippen LogP contribution in [-0.2, 0) is 75.1 Å². The number of hydrogen-bond donors (Lipinski definition) is 0. The maximum Gasteiger partial charge on any atom is 0.469 e. The van der Waals surface area contributed by atoms with Gasteiger partial charge in [-0.25, -0.2) is 0 Å². The highest BCUT2D eigenvalue weighted by Gasteiger charge is 2.56. The average Bonchev–Trinajstić information content (AvgIpc) is 0.674. The van der Waals surface area contributed by atoms with Crippen LogP contribution in [0, 0.1) is 0 Å². The first-order chi connectivity index (χ1) is 50.2. The molecule has 34 heteroatoms. The van der Waals surface area contributed by atoms with Crippen molar-refractivity contribution in [2.45, 2.75) is 351 Å². The lowest BCUT2D eigenvalue weighted by Gasteiger charge is -2.43. The summed E-state index contributed by atoms with van der Waals surface area (Å²) in [4.78, 5) is 71.0. The minimum Gasteiger partial charge on any atom is -0.417 e. The van der Waals surface area contributed by atoms with Gasteiger partial charge in [-0.15, -0.1) is 0 Å². The Kier molecular flexibility index (Phi) is 29.8. The number of rotatable bonds is 42.